The SMILES string of the molecule is CC(C)(C)[P+](F)(C(C)(C)C)C(C)(C)C. The third-order valence-electron chi connectivity index (χ3n) is 2.77. The molecule has 0 amide bonds. The molecule has 0 heterocycles. The van der Waals surface area contributed by atoms with Crippen molar-refractivity contribution in [1.29, 1.82) is 0 Å². The maximum absolute atomic E-state index is 15.4. The van der Waals surface area contributed by atoms with Crippen molar-refractivity contribution in [2.45, 2.75) is 77.8 Å². The second-order valence-corrected chi connectivity index (χ2v) is 12.3. The maximum Gasteiger partial charge on any atom is 0.217 e. The predicted molar refractivity (Wildman–Crippen MR) is 67.3 cm³/mol. The van der Waals surface area contributed by atoms with Crippen LogP contribution in [0.4, 0.5) is 4.20 Å². The van der Waals surface area contributed by atoms with Gasteiger partial charge in [0, 0.05) is 0 Å². The molecule has 0 radical (unpaired) electrons. The summed E-state index contributed by atoms with van der Waals surface area (Å²) in [5.41, 5.74) is 0. The van der Waals surface area contributed by atoms with Gasteiger partial charge in [-0.25, -0.2) is 0 Å². The van der Waals surface area contributed by atoms with Crippen LogP contribution in [0.25, 0.3) is 0 Å². The molecule has 0 aromatic carbocycles. The molecule has 0 aliphatic heterocycles. The summed E-state index contributed by atoms with van der Waals surface area (Å²) >= 11 is 0. The first-order valence-corrected chi connectivity index (χ1v) is 7.02. The molecule has 0 unspecified atom stereocenters. The number of hydrogen-bond donors (Lipinski definition) is 0. The highest BCUT2D eigenvalue weighted by molar-refractivity contribution is 7.75. The van der Waals surface area contributed by atoms with Gasteiger partial charge in [-0.3, -0.25) is 0 Å². The Bertz CT molecular complexity index is 164. The van der Waals surface area contributed by atoms with Gasteiger partial charge in [-0.2, -0.15) is 0 Å². The third-order valence-corrected chi connectivity index (χ3v) is 8.32. The van der Waals surface area contributed by atoms with Crippen LogP contribution < -0.4 is 0 Å². The molecule has 14 heavy (non-hydrogen) atoms. The molecule has 0 N–H and O–H groups in total. The van der Waals surface area contributed by atoms with Gasteiger partial charge in [0.05, 0.1) is 0 Å². The highest BCUT2D eigenvalue weighted by Crippen LogP contribution is 2.84. The van der Waals surface area contributed by atoms with Gasteiger partial charge in [-0.05, 0) is 62.3 Å². The van der Waals surface area contributed by atoms with E-state index < -0.39 is 7.57 Å². The normalized spacial score (nSPS) is 15.9. The summed E-state index contributed by atoms with van der Waals surface area (Å²) in [6, 6.07) is 0. The Hall–Kier alpha value is 0.360. The zero-order valence-corrected chi connectivity index (χ0v) is 12.2. The summed E-state index contributed by atoms with van der Waals surface area (Å²) < 4.78 is 15.4. The van der Waals surface area contributed by atoms with E-state index in [2.05, 4.69) is 0 Å². The summed E-state index contributed by atoms with van der Waals surface area (Å²) in [6.45, 7) is 18.4. The van der Waals surface area contributed by atoms with Crippen LogP contribution in [-0.4, -0.2) is 15.5 Å². The van der Waals surface area contributed by atoms with Crippen LogP contribution in [0.2, 0.25) is 0 Å². The lowest BCUT2D eigenvalue weighted by atomic mass is 10.2. The van der Waals surface area contributed by atoms with Crippen LogP contribution in [0.15, 0.2) is 0 Å². The smallest absolute Gasteiger partial charge is 0.0636 e. The molecule has 0 aromatic heterocycles. The summed E-state index contributed by atoms with van der Waals surface area (Å²) in [4.78, 5) is 0. The molecule has 0 spiro atoms. The fraction of sp³-hybridized carbons (Fsp3) is 1.00. The fourth-order valence-electron chi connectivity index (χ4n) is 3.02. The topological polar surface area (TPSA) is 0 Å². The lowest BCUT2D eigenvalue weighted by molar-refractivity contribution is 0.547. The van der Waals surface area contributed by atoms with Crippen molar-refractivity contribution in [2.75, 3.05) is 0 Å². The van der Waals surface area contributed by atoms with Crippen molar-refractivity contribution in [3.05, 3.63) is 0 Å². The first-order valence-electron chi connectivity index (χ1n) is 5.34. The second-order valence-electron chi connectivity index (χ2n) is 7.10. The van der Waals surface area contributed by atoms with Crippen LogP contribution in [-0.2, 0) is 0 Å². The van der Waals surface area contributed by atoms with Gasteiger partial charge in [0.1, 0.15) is 15.5 Å². The Morgan fingerprint density at radius 3 is 0.714 bits per heavy atom. The molecule has 86 valence electrons. The third kappa shape index (κ3) is 2.13. The lowest BCUT2D eigenvalue weighted by Crippen LogP contribution is -2.41. The van der Waals surface area contributed by atoms with E-state index in [4.69, 9.17) is 0 Å². The van der Waals surface area contributed by atoms with Crippen LogP contribution in [0.5, 0.6) is 0 Å². The van der Waals surface area contributed by atoms with Gasteiger partial charge in [-0.1, -0.05) is 4.20 Å². The van der Waals surface area contributed by atoms with Crippen molar-refractivity contribution in [3.63, 3.8) is 0 Å². The molecule has 0 bridgehead atoms. The van der Waals surface area contributed by atoms with Gasteiger partial charge in [0.15, 0.2) is 0 Å². The molecule has 0 saturated heterocycles. The Morgan fingerprint density at radius 2 is 0.714 bits per heavy atom. The minimum Gasteiger partial charge on any atom is -0.0636 e. The van der Waals surface area contributed by atoms with Crippen LogP contribution in [0.1, 0.15) is 62.3 Å². The van der Waals surface area contributed by atoms with Crippen molar-refractivity contribution < 1.29 is 4.20 Å². The quantitative estimate of drug-likeness (QED) is 0.488. The van der Waals surface area contributed by atoms with Crippen LogP contribution in [0.3, 0.4) is 0 Å². The van der Waals surface area contributed by atoms with Gasteiger partial charge in [0.25, 0.3) is 0 Å². The first-order chi connectivity index (χ1) is 5.75. The molecular formula is C12H27FP+. The minimum absolute atomic E-state index is 0.233. The average Bonchev–Trinajstić information content (AvgIpc) is 1.77. The summed E-state index contributed by atoms with van der Waals surface area (Å²) in [7, 11) is -2.52. The van der Waals surface area contributed by atoms with Crippen LogP contribution >= 0.6 is 7.57 Å². The molecule has 0 atom stereocenters. The zero-order chi connectivity index (χ0) is 12.0. The molecular weight excluding hydrogens is 194 g/mol. The second kappa shape index (κ2) is 3.44. The highest BCUT2D eigenvalue weighted by Gasteiger charge is 2.67. The zero-order valence-electron chi connectivity index (χ0n) is 11.3. The van der Waals surface area contributed by atoms with E-state index in [0.29, 0.717) is 0 Å². The monoisotopic (exact) mass is 221 g/mol. The molecule has 0 nitrogen and oxygen atoms in total. The first kappa shape index (κ1) is 14.4. The van der Waals surface area contributed by atoms with Gasteiger partial charge in [-0.15, -0.1) is 0 Å². The van der Waals surface area contributed by atoms with E-state index in [-0.39, 0.29) is 15.5 Å². The summed E-state index contributed by atoms with van der Waals surface area (Å²) in [6.07, 6.45) is 0. The van der Waals surface area contributed by atoms with E-state index in [1.807, 2.05) is 62.3 Å². The highest BCUT2D eigenvalue weighted by atomic mass is 31.2. The molecule has 0 aliphatic rings. The van der Waals surface area contributed by atoms with E-state index in [0.717, 1.165) is 0 Å². The molecule has 0 rings (SSSR count). The minimum atomic E-state index is -2.52. The van der Waals surface area contributed by atoms with Gasteiger partial charge in [0.2, 0.25) is 7.57 Å². The van der Waals surface area contributed by atoms with Crippen LogP contribution in [0, 0.1) is 0 Å². The van der Waals surface area contributed by atoms with Crippen molar-refractivity contribution in [2.24, 2.45) is 0 Å². The number of rotatable bonds is 0. The Kier molecular flexibility index (Phi) is 3.53. The Morgan fingerprint density at radius 1 is 0.571 bits per heavy atom. The number of hydrogen-bond acceptors (Lipinski definition) is 0. The molecule has 0 aliphatic carbocycles. The Labute approximate surface area is 90.1 Å². The van der Waals surface area contributed by atoms with E-state index in [1.165, 1.54) is 0 Å². The van der Waals surface area contributed by atoms with Gasteiger partial charge >= 0.3 is 0 Å². The van der Waals surface area contributed by atoms with E-state index in [1.54, 1.807) is 0 Å². The molecule has 0 aromatic rings. The summed E-state index contributed by atoms with van der Waals surface area (Å²) in [5.74, 6) is 0. The molecule has 0 fully saturated rings. The largest absolute Gasteiger partial charge is 0.217 e. The molecule has 2 heteroatoms. The molecule has 0 saturated carbocycles. The van der Waals surface area contributed by atoms with Gasteiger partial charge < -0.3 is 0 Å². The standard InChI is InChI=1S/C12H27FP/c1-10(2,3)14(13,11(4,5)6)12(7,8)9/h1-9H3/q+1. The lowest BCUT2D eigenvalue weighted by Gasteiger charge is -2.46. The maximum atomic E-state index is 15.4. The number of halogens is 1. The van der Waals surface area contributed by atoms with Crippen molar-refractivity contribution in [1.82, 2.24) is 0 Å². The van der Waals surface area contributed by atoms with Crippen molar-refractivity contribution >= 4 is 7.57 Å². The van der Waals surface area contributed by atoms with Crippen molar-refractivity contribution in [3.8, 4) is 0 Å². The summed E-state index contributed by atoms with van der Waals surface area (Å²) in [5, 5.41) is -0.698. The Balaban J connectivity index is 5.54. The average molecular weight is 221 g/mol. The predicted octanol–water partition coefficient (Wildman–Crippen LogP) is 5.28. The fourth-order valence-corrected chi connectivity index (χ4v) is 9.06. The van der Waals surface area contributed by atoms with E-state index >= 15 is 4.20 Å². The van der Waals surface area contributed by atoms with E-state index in [9.17, 15) is 0 Å².